The van der Waals surface area contributed by atoms with Crippen LogP contribution in [0.1, 0.15) is 0 Å². The molecule has 0 aliphatic rings. The molecule has 5 nitrogen and oxygen atoms in total. The molecule has 1 aromatic heterocycles. The molecule has 0 amide bonds. The number of ether oxygens (including phenoxy) is 2. The monoisotopic (exact) mass is 265 g/mol. The van der Waals surface area contributed by atoms with Gasteiger partial charge in [-0.25, -0.2) is 4.98 Å². The molecule has 0 aliphatic carbocycles. The van der Waals surface area contributed by atoms with Crippen LogP contribution in [0.4, 0.5) is 5.82 Å². The Morgan fingerprint density at radius 3 is 2.78 bits per heavy atom. The Hall–Kier alpha value is -1.50. The number of fused-ring (bicyclic) bond motifs is 1. The molecule has 0 saturated carbocycles. The number of aromatic nitrogens is 2. The van der Waals surface area contributed by atoms with Crippen LogP contribution in [0.5, 0.6) is 0 Å². The normalized spacial score (nSPS) is 11.1. The lowest BCUT2D eigenvalue weighted by Gasteiger charge is -2.15. The van der Waals surface area contributed by atoms with Crippen molar-refractivity contribution in [3.63, 3.8) is 0 Å². The molecule has 0 radical (unpaired) electrons. The predicted octanol–water partition coefficient (Wildman–Crippen LogP) is 2.32. The van der Waals surface area contributed by atoms with Crippen molar-refractivity contribution < 1.29 is 9.47 Å². The summed E-state index contributed by atoms with van der Waals surface area (Å²) in [6.45, 7) is 0.503. The van der Waals surface area contributed by atoms with Crippen LogP contribution in [0.25, 0.3) is 10.9 Å². The van der Waals surface area contributed by atoms with Gasteiger partial charge >= 0.3 is 0 Å². The van der Waals surface area contributed by atoms with Crippen molar-refractivity contribution >= 4 is 28.9 Å². The summed E-state index contributed by atoms with van der Waals surface area (Å²) in [7, 11) is 3.19. The second kappa shape index (κ2) is 5.90. The van der Waals surface area contributed by atoms with E-state index in [1.54, 1.807) is 14.2 Å². The fraction of sp³-hybridized carbons (Fsp3) is 0.333. The maximum absolute atomic E-state index is 5.12. The highest BCUT2D eigenvalue weighted by Gasteiger charge is 2.07. The molecule has 18 heavy (non-hydrogen) atoms. The van der Waals surface area contributed by atoms with Gasteiger partial charge in [-0.1, -0.05) is 12.1 Å². The first-order valence-electron chi connectivity index (χ1n) is 5.53. The zero-order valence-corrected chi connectivity index (χ0v) is 11.1. The zero-order valence-electron chi connectivity index (χ0n) is 10.3. The smallest absolute Gasteiger partial charge is 0.199 e. The Kier molecular flexibility index (Phi) is 4.24. The molecular formula is C12H15N3O2S. The molecule has 2 aromatic rings. The number of benzene rings is 1. The lowest BCUT2D eigenvalue weighted by atomic mass is 10.2. The van der Waals surface area contributed by atoms with Gasteiger partial charge in [0.1, 0.15) is 5.82 Å². The first-order chi connectivity index (χ1) is 8.74. The number of rotatable bonds is 5. The quantitative estimate of drug-likeness (QED) is 0.642. The molecule has 1 heterocycles. The fourth-order valence-corrected chi connectivity index (χ4v) is 1.88. The van der Waals surface area contributed by atoms with E-state index < -0.39 is 0 Å². The maximum Gasteiger partial charge on any atom is 0.199 e. The lowest BCUT2D eigenvalue weighted by molar-refractivity contribution is -0.0914. The van der Waals surface area contributed by atoms with Crippen molar-refractivity contribution in [2.45, 2.75) is 6.29 Å². The van der Waals surface area contributed by atoms with Crippen LogP contribution in [0, 0.1) is 4.77 Å². The molecule has 0 aliphatic heterocycles. The van der Waals surface area contributed by atoms with Gasteiger partial charge < -0.3 is 19.8 Å². The lowest BCUT2D eigenvalue weighted by Crippen LogP contribution is -2.24. The van der Waals surface area contributed by atoms with Crippen molar-refractivity contribution in [2.24, 2.45) is 0 Å². The predicted molar refractivity (Wildman–Crippen MR) is 73.2 cm³/mol. The molecule has 2 N–H and O–H groups in total. The standard InChI is InChI=1S/C12H15N3O2S/c1-16-10(17-2)7-13-11-8-5-3-4-6-9(8)14-12(18)15-11/h3-6,10H,7H2,1-2H3,(H2,13,14,15,18). The number of hydrogen-bond acceptors (Lipinski definition) is 5. The number of nitrogens with zero attached hydrogens (tertiary/aromatic N) is 1. The summed E-state index contributed by atoms with van der Waals surface area (Å²) in [5, 5.41) is 4.17. The summed E-state index contributed by atoms with van der Waals surface area (Å²) in [6, 6.07) is 7.84. The summed E-state index contributed by atoms with van der Waals surface area (Å²) in [4.78, 5) is 7.33. The SMILES string of the molecule is COC(CNc1nc(=S)[nH]c2ccccc12)OC. The second-order valence-corrected chi connectivity index (χ2v) is 4.10. The molecule has 0 fully saturated rings. The van der Waals surface area contributed by atoms with E-state index in [9.17, 15) is 0 Å². The third-order valence-corrected chi connectivity index (χ3v) is 2.79. The molecule has 2 rings (SSSR count). The van der Waals surface area contributed by atoms with Crippen molar-refractivity contribution in [2.75, 3.05) is 26.1 Å². The molecule has 6 heteroatoms. The minimum absolute atomic E-state index is 0.316. The molecule has 0 unspecified atom stereocenters. The van der Waals surface area contributed by atoms with Gasteiger partial charge in [0.2, 0.25) is 0 Å². The fourth-order valence-electron chi connectivity index (χ4n) is 1.68. The van der Waals surface area contributed by atoms with Gasteiger partial charge in [0.05, 0.1) is 12.1 Å². The van der Waals surface area contributed by atoms with Crippen molar-refractivity contribution in [1.82, 2.24) is 9.97 Å². The van der Waals surface area contributed by atoms with Crippen molar-refractivity contribution in [3.05, 3.63) is 29.0 Å². The minimum Gasteiger partial charge on any atom is -0.364 e. The van der Waals surface area contributed by atoms with Crippen LogP contribution in [0.3, 0.4) is 0 Å². The van der Waals surface area contributed by atoms with E-state index in [1.165, 1.54) is 0 Å². The van der Waals surface area contributed by atoms with E-state index in [2.05, 4.69) is 15.3 Å². The van der Waals surface area contributed by atoms with Gasteiger partial charge in [-0.05, 0) is 24.4 Å². The van der Waals surface area contributed by atoms with E-state index in [0.29, 0.717) is 11.3 Å². The van der Waals surface area contributed by atoms with Gasteiger partial charge in [-0.15, -0.1) is 0 Å². The van der Waals surface area contributed by atoms with E-state index in [4.69, 9.17) is 21.7 Å². The zero-order chi connectivity index (χ0) is 13.0. The van der Waals surface area contributed by atoms with E-state index in [0.717, 1.165) is 16.7 Å². The average Bonchev–Trinajstić information content (AvgIpc) is 2.39. The van der Waals surface area contributed by atoms with Gasteiger partial charge in [0.25, 0.3) is 0 Å². The Morgan fingerprint density at radius 1 is 1.33 bits per heavy atom. The van der Waals surface area contributed by atoms with Gasteiger partial charge in [0, 0.05) is 19.6 Å². The third-order valence-electron chi connectivity index (χ3n) is 2.60. The number of anilines is 1. The highest BCUT2D eigenvalue weighted by atomic mass is 32.1. The van der Waals surface area contributed by atoms with E-state index in [1.807, 2.05) is 24.3 Å². The van der Waals surface area contributed by atoms with Gasteiger partial charge in [-0.2, -0.15) is 0 Å². The molecule has 0 bridgehead atoms. The van der Waals surface area contributed by atoms with Crippen LogP contribution < -0.4 is 5.32 Å². The highest BCUT2D eigenvalue weighted by Crippen LogP contribution is 2.18. The third kappa shape index (κ3) is 2.84. The molecule has 0 atom stereocenters. The molecular weight excluding hydrogens is 250 g/mol. The van der Waals surface area contributed by atoms with Gasteiger partial charge in [0.15, 0.2) is 11.1 Å². The Bertz CT molecular complexity index is 581. The van der Waals surface area contributed by atoms with Crippen LogP contribution in [0.15, 0.2) is 24.3 Å². The first kappa shape index (κ1) is 12.9. The van der Waals surface area contributed by atoms with Crippen LogP contribution >= 0.6 is 12.2 Å². The Labute approximate surface area is 110 Å². The summed E-state index contributed by atoms with van der Waals surface area (Å²) in [5.41, 5.74) is 0.950. The number of aromatic amines is 1. The number of nitrogens with one attached hydrogen (secondary N) is 2. The molecule has 96 valence electrons. The van der Waals surface area contributed by atoms with Gasteiger partial charge in [-0.3, -0.25) is 0 Å². The number of methoxy groups -OCH3 is 2. The Morgan fingerprint density at radius 2 is 2.06 bits per heavy atom. The molecule has 1 aromatic carbocycles. The highest BCUT2D eigenvalue weighted by molar-refractivity contribution is 7.71. The number of H-pyrrole nitrogens is 1. The maximum atomic E-state index is 5.12. The van der Waals surface area contributed by atoms with Crippen LogP contribution in [-0.2, 0) is 9.47 Å². The summed E-state index contributed by atoms with van der Waals surface area (Å²) in [6.07, 6.45) is -0.316. The Balaban J connectivity index is 2.29. The van der Waals surface area contributed by atoms with E-state index in [-0.39, 0.29) is 6.29 Å². The first-order valence-corrected chi connectivity index (χ1v) is 5.94. The second-order valence-electron chi connectivity index (χ2n) is 3.72. The average molecular weight is 265 g/mol. The van der Waals surface area contributed by atoms with E-state index >= 15 is 0 Å². The minimum atomic E-state index is -0.316. The molecule has 0 spiro atoms. The topological polar surface area (TPSA) is 59.2 Å². The van der Waals surface area contributed by atoms with Crippen molar-refractivity contribution in [1.29, 1.82) is 0 Å². The molecule has 0 saturated heterocycles. The summed E-state index contributed by atoms with van der Waals surface area (Å²) < 4.78 is 10.7. The van der Waals surface area contributed by atoms with Crippen LogP contribution in [-0.4, -0.2) is 37.0 Å². The van der Waals surface area contributed by atoms with Crippen LogP contribution in [0.2, 0.25) is 0 Å². The number of hydrogen-bond donors (Lipinski definition) is 2. The largest absolute Gasteiger partial charge is 0.364 e. The summed E-state index contributed by atoms with van der Waals surface area (Å²) in [5.74, 6) is 0.730. The van der Waals surface area contributed by atoms with Crippen molar-refractivity contribution in [3.8, 4) is 0 Å². The summed E-state index contributed by atoms with van der Waals surface area (Å²) >= 11 is 5.09. The number of para-hydroxylation sites is 1.